The van der Waals surface area contributed by atoms with Crippen molar-refractivity contribution in [3.63, 3.8) is 0 Å². The van der Waals surface area contributed by atoms with Gasteiger partial charge < -0.3 is 10.6 Å². The van der Waals surface area contributed by atoms with Crippen molar-refractivity contribution in [3.05, 3.63) is 76.7 Å². The predicted molar refractivity (Wildman–Crippen MR) is 106 cm³/mol. The lowest BCUT2D eigenvalue weighted by Crippen LogP contribution is -2.15. The zero-order valence-corrected chi connectivity index (χ0v) is 15.5. The summed E-state index contributed by atoms with van der Waals surface area (Å²) in [5, 5.41) is 6.52. The maximum absolute atomic E-state index is 12.5. The minimum absolute atomic E-state index is 0.0304. The molecule has 0 spiro atoms. The van der Waals surface area contributed by atoms with Gasteiger partial charge in [0.25, 0.3) is 5.91 Å². The smallest absolute Gasteiger partial charge is 0.274 e. The summed E-state index contributed by atoms with van der Waals surface area (Å²) >= 11 is 5.89. The molecule has 1 heterocycles. The first kappa shape index (κ1) is 18.5. The molecule has 0 aliphatic heterocycles. The van der Waals surface area contributed by atoms with Crippen molar-refractivity contribution in [2.45, 2.75) is 13.8 Å². The topological polar surface area (TPSA) is 84.0 Å². The third-order valence-corrected chi connectivity index (χ3v) is 3.99. The first-order valence-electron chi connectivity index (χ1n) is 8.21. The van der Waals surface area contributed by atoms with E-state index in [1.807, 2.05) is 12.1 Å². The summed E-state index contributed by atoms with van der Waals surface area (Å²) in [5.74, 6) is 0.570. The first-order chi connectivity index (χ1) is 12.9. The Morgan fingerprint density at radius 3 is 2.19 bits per heavy atom. The first-order valence-corrected chi connectivity index (χ1v) is 8.59. The summed E-state index contributed by atoms with van der Waals surface area (Å²) in [5.41, 5.74) is 2.19. The number of hydrogen-bond acceptors (Lipinski definition) is 5. The molecule has 0 saturated heterocycles. The van der Waals surface area contributed by atoms with Gasteiger partial charge in [0.1, 0.15) is 17.3 Å². The average Bonchev–Trinajstić information content (AvgIpc) is 2.63. The van der Waals surface area contributed by atoms with Crippen LogP contribution in [0.25, 0.3) is 0 Å². The van der Waals surface area contributed by atoms with Crippen LogP contribution in [0, 0.1) is 6.92 Å². The van der Waals surface area contributed by atoms with Gasteiger partial charge in [0, 0.05) is 28.0 Å². The van der Waals surface area contributed by atoms with Gasteiger partial charge in [0.2, 0.25) is 0 Å². The van der Waals surface area contributed by atoms with Crippen LogP contribution in [0.2, 0.25) is 5.02 Å². The van der Waals surface area contributed by atoms with Gasteiger partial charge in [-0.2, -0.15) is 0 Å². The minimum Gasteiger partial charge on any atom is -0.340 e. The lowest BCUT2D eigenvalue weighted by Gasteiger charge is -2.09. The fourth-order valence-electron chi connectivity index (χ4n) is 2.41. The number of nitrogens with zero attached hydrogens (tertiary/aromatic N) is 2. The summed E-state index contributed by atoms with van der Waals surface area (Å²) in [4.78, 5) is 32.3. The van der Waals surface area contributed by atoms with Crippen LogP contribution in [0.15, 0.2) is 54.6 Å². The molecule has 0 bridgehead atoms. The normalized spacial score (nSPS) is 10.3. The van der Waals surface area contributed by atoms with Crippen LogP contribution in [0.1, 0.15) is 33.6 Å². The molecule has 2 N–H and O–H groups in total. The van der Waals surface area contributed by atoms with E-state index in [4.69, 9.17) is 11.6 Å². The predicted octanol–water partition coefficient (Wildman–Crippen LogP) is 4.64. The molecule has 7 heteroatoms. The number of aryl methyl sites for hydroxylation is 1. The van der Waals surface area contributed by atoms with Crippen LogP contribution in [0.3, 0.4) is 0 Å². The number of carbonyl (C=O) groups excluding carboxylic acids is 2. The highest BCUT2D eigenvalue weighted by atomic mass is 35.5. The minimum atomic E-state index is -0.366. The van der Waals surface area contributed by atoms with E-state index in [9.17, 15) is 9.59 Å². The number of ketones is 1. The molecule has 136 valence electrons. The highest BCUT2D eigenvalue weighted by Gasteiger charge is 2.11. The second-order valence-corrected chi connectivity index (χ2v) is 6.34. The number of carbonyl (C=O) groups is 2. The Bertz CT molecular complexity index is 986. The van der Waals surface area contributed by atoms with Crippen LogP contribution < -0.4 is 10.6 Å². The standard InChI is InChI=1S/C20H17ClN4O2/c1-12(26)14-3-7-17(8-4-14)25-20(27)18-11-19(23-13(2)22-18)24-16-9-5-15(21)6-10-16/h3-11H,1-2H3,(H,25,27)(H,22,23,24). The van der Waals surface area contributed by atoms with E-state index in [0.717, 1.165) is 5.69 Å². The molecule has 0 atom stereocenters. The van der Waals surface area contributed by atoms with Gasteiger partial charge in [0.05, 0.1) is 0 Å². The molecular weight excluding hydrogens is 364 g/mol. The highest BCUT2D eigenvalue weighted by Crippen LogP contribution is 2.19. The molecular formula is C20H17ClN4O2. The summed E-state index contributed by atoms with van der Waals surface area (Å²) in [7, 11) is 0. The molecule has 3 rings (SSSR count). The van der Waals surface area contributed by atoms with Crippen LogP contribution in [-0.4, -0.2) is 21.7 Å². The number of anilines is 3. The van der Waals surface area contributed by atoms with Crippen LogP contribution in [-0.2, 0) is 0 Å². The van der Waals surface area contributed by atoms with E-state index in [2.05, 4.69) is 20.6 Å². The van der Waals surface area contributed by atoms with Gasteiger partial charge in [-0.1, -0.05) is 11.6 Å². The molecule has 0 aliphatic rings. The Morgan fingerprint density at radius 2 is 1.56 bits per heavy atom. The van der Waals surface area contributed by atoms with E-state index < -0.39 is 0 Å². The second kappa shape index (κ2) is 7.97. The summed E-state index contributed by atoms with van der Waals surface area (Å²) in [6.45, 7) is 3.21. The quantitative estimate of drug-likeness (QED) is 0.630. The number of nitrogens with one attached hydrogen (secondary N) is 2. The number of amides is 1. The van der Waals surface area contributed by atoms with Crippen LogP contribution in [0.5, 0.6) is 0 Å². The number of aromatic nitrogens is 2. The largest absolute Gasteiger partial charge is 0.340 e. The number of Topliss-reactive ketones (excluding diaryl/α,β-unsaturated/α-hetero) is 1. The van der Waals surface area contributed by atoms with Gasteiger partial charge in [-0.05, 0) is 62.4 Å². The summed E-state index contributed by atoms with van der Waals surface area (Å²) < 4.78 is 0. The molecule has 0 radical (unpaired) electrons. The van der Waals surface area contributed by atoms with Gasteiger partial charge >= 0.3 is 0 Å². The number of hydrogen-bond donors (Lipinski definition) is 2. The summed E-state index contributed by atoms with van der Waals surface area (Å²) in [6, 6.07) is 15.4. The maximum Gasteiger partial charge on any atom is 0.274 e. The van der Waals surface area contributed by atoms with E-state index in [1.54, 1.807) is 49.4 Å². The van der Waals surface area contributed by atoms with Crippen LogP contribution in [0.4, 0.5) is 17.2 Å². The van der Waals surface area contributed by atoms with Crippen molar-refractivity contribution < 1.29 is 9.59 Å². The fourth-order valence-corrected chi connectivity index (χ4v) is 2.54. The SMILES string of the molecule is CC(=O)c1ccc(NC(=O)c2cc(Nc3ccc(Cl)cc3)nc(C)n2)cc1. The Labute approximate surface area is 161 Å². The summed E-state index contributed by atoms with van der Waals surface area (Å²) in [6.07, 6.45) is 0. The molecule has 27 heavy (non-hydrogen) atoms. The number of benzene rings is 2. The molecule has 2 aromatic carbocycles. The molecule has 0 fully saturated rings. The maximum atomic E-state index is 12.5. The lowest BCUT2D eigenvalue weighted by molar-refractivity contribution is 0.101. The molecule has 1 aromatic heterocycles. The third-order valence-electron chi connectivity index (χ3n) is 3.74. The Kier molecular flexibility index (Phi) is 5.47. The van der Waals surface area contributed by atoms with Gasteiger partial charge in [0.15, 0.2) is 5.78 Å². The molecule has 0 unspecified atom stereocenters. The van der Waals surface area contributed by atoms with Crippen molar-refractivity contribution in [2.24, 2.45) is 0 Å². The zero-order valence-electron chi connectivity index (χ0n) is 14.8. The fraction of sp³-hybridized carbons (Fsp3) is 0.100. The van der Waals surface area contributed by atoms with Crippen molar-refractivity contribution in [1.29, 1.82) is 0 Å². The van der Waals surface area contributed by atoms with E-state index >= 15 is 0 Å². The van der Waals surface area contributed by atoms with Crippen LogP contribution >= 0.6 is 11.6 Å². The third kappa shape index (κ3) is 4.89. The monoisotopic (exact) mass is 380 g/mol. The average molecular weight is 381 g/mol. The van der Waals surface area contributed by atoms with Gasteiger partial charge in [-0.25, -0.2) is 9.97 Å². The molecule has 6 nitrogen and oxygen atoms in total. The molecule has 3 aromatic rings. The number of halogens is 1. The van der Waals surface area contributed by atoms with E-state index in [-0.39, 0.29) is 17.4 Å². The zero-order chi connectivity index (χ0) is 19.4. The van der Waals surface area contributed by atoms with Crippen molar-refractivity contribution >= 4 is 40.5 Å². The molecule has 0 aliphatic carbocycles. The van der Waals surface area contributed by atoms with Gasteiger partial charge in [-0.15, -0.1) is 0 Å². The second-order valence-electron chi connectivity index (χ2n) is 5.91. The van der Waals surface area contributed by atoms with E-state index in [0.29, 0.717) is 27.9 Å². The number of rotatable bonds is 5. The van der Waals surface area contributed by atoms with E-state index in [1.165, 1.54) is 6.92 Å². The molecule has 1 amide bonds. The van der Waals surface area contributed by atoms with Gasteiger partial charge in [-0.3, -0.25) is 9.59 Å². The Morgan fingerprint density at radius 1 is 0.926 bits per heavy atom. The van der Waals surface area contributed by atoms with Crippen molar-refractivity contribution in [3.8, 4) is 0 Å². The van der Waals surface area contributed by atoms with Crippen molar-refractivity contribution in [2.75, 3.05) is 10.6 Å². The molecule has 0 saturated carbocycles. The Hall–Kier alpha value is -3.25. The lowest BCUT2D eigenvalue weighted by atomic mass is 10.1. The van der Waals surface area contributed by atoms with Crippen molar-refractivity contribution in [1.82, 2.24) is 9.97 Å². The Balaban J connectivity index is 1.77. The highest BCUT2D eigenvalue weighted by molar-refractivity contribution is 6.30.